The smallest absolute Gasteiger partial charge is 0.190 e. The van der Waals surface area contributed by atoms with Crippen LogP contribution in [0.25, 0.3) is 11.3 Å². The van der Waals surface area contributed by atoms with Crippen molar-refractivity contribution in [3.8, 4) is 22.8 Å². The maximum atomic E-state index is 5.53. The van der Waals surface area contributed by atoms with Crippen molar-refractivity contribution >= 4 is 17.0 Å². The number of hydrogen-bond donors (Lipinski definition) is 0. The van der Waals surface area contributed by atoms with Crippen LogP contribution in [0.5, 0.6) is 11.5 Å². The Bertz CT molecular complexity index is 1230. The first-order chi connectivity index (χ1) is 15.2. The lowest BCUT2D eigenvalue weighted by Crippen LogP contribution is -2.17. The van der Waals surface area contributed by atoms with Gasteiger partial charge in [-0.05, 0) is 48.7 Å². The molecule has 0 aliphatic heterocycles. The van der Waals surface area contributed by atoms with Crippen LogP contribution in [0.2, 0.25) is 0 Å². The van der Waals surface area contributed by atoms with Gasteiger partial charge >= 0.3 is 0 Å². The van der Waals surface area contributed by atoms with E-state index in [1.54, 1.807) is 25.6 Å². The molecule has 0 atom stereocenters. The number of benzene rings is 3. The predicted octanol–water partition coefficient (Wildman–Crippen LogP) is 6.02. The molecule has 1 aromatic heterocycles. The lowest BCUT2D eigenvalue weighted by atomic mass is 10.1. The summed E-state index contributed by atoms with van der Waals surface area (Å²) >= 11 is 1.66. The third-order valence-corrected chi connectivity index (χ3v) is 6.14. The minimum Gasteiger partial charge on any atom is -0.493 e. The minimum atomic E-state index is 0.721. The molecule has 0 aliphatic rings. The molecule has 158 valence electrons. The van der Waals surface area contributed by atoms with Gasteiger partial charge in [0.1, 0.15) is 0 Å². The molecule has 4 aromatic rings. The molecule has 0 N–H and O–H groups in total. The number of methoxy groups -OCH3 is 2. The molecule has 4 nitrogen and oxygen atoms in total. The Kier molecular flexibility index (Phi) is 6.53. The molecule has 0 bridgehead atoms. The van der Waals surface area contributed by atoms with Gasteiger partial charge in [0.15, 0.2) is 16.3 Å². The summed E-state index contributed by atoms with van der Waals surface area (Å²) in [5, 5.41) is 2.17. The van der Waals surface area contributed by atoms with Gasteiger partial charge < -0.3 is 14.0 Å². The van der Waals surface area contributed by atoms with Crippen LogP contribution in [-0.4, -0.2) is 18.8 Å². The third-order valence-electron chi connectivity index (χ3n) is 5.28. The number of para-hydroxylation sites is 1. The fraction of sp³-hybridized carbons (Fsp3) is 0.192. The van der Waals surface area contributed by atoms with Gasteiger partial charge in [-0.1, -0.05) is 48.5 Å². The first-order valence-corrected chi connectivity index (χ1v) is 11.1. The molecule has 0 amide bonds. The fourth-order valence-corrected chi connectivity index (χ4v) is 4.49. The molecule has 0 spiro atoms. The Morgan fingerprint density at radius 3 is 2.35 bits per heavy atom. The van der Waals surface area contributed by atoms with E-state index >= 15 is 0 Å². The molecule has 0 radical (unpaired) electrons. The van der Waals surface area contributed by atoms with E-state index < -0.39 is 0 Å². The maximum absolute atomic E-state index is 5.53. The Labute approximate surface area is 187 Å². The van der Waals surface area contributed by atoms with Crippen molar-refractivity contribution in [3.05, 3.63) is 94.1 Å². The molecule has 0 aliphatic carbocycles. The summed E-state index contributed by atoms with van der Waals surface area (Å²) in [6.45, 7) is 2.93. The van der Waals surface area contributed by atoms with Crippen molar-refractivity contribution in [2.75, 3.05) is 14.2 Å². The van der Waals surface area contributed by atoms with Gasteiger partial charge in [-0.3, -0.25) is 0 Å². The number of rotatable bonds is 7. The van der Waals surface area contributed by atoms with E-state index in [-0.39, 0.29) is 0 Å². The topological polar surface area (TPSA) is 35.8 Å². The van der Waals surface area contributed by atoms with Gasteiger partial charge in [0.05, 0.1) is 25.6 Å². The lowest BCUT2D eigenvalue weighted by molar-refractivity contribution is 0.355. The van der Waals surface area contributed by atoms with Crippen LogP contribution in [0.1, 0.15) is 11.1 Å². The molecule has 5 heteroatoms. The molecule has 1 heterocycles. The van der Waals surface area contributed by atoms with E-state index in [1.165, 1.54) is 5.56 Å². The van der Waals surface area contributed by atoms with E-state index in [9.17, 15) is 0 Å². The van der Waals surface area contributed by atoms with Crippen LogP contribution in [0.4, 0.5) is 5.69 Å². The highest BCUT2D eigenvalue weighted by Crippen LogP contribution is 2.32. The maximum Gasteiger partial charge on any atom is 0.190 e. The van der Waals surface area contributed by atoms with Gasteiger partial charge in [0, 0.05) is 17.5 Å². The van der Waals surface area contributed by atoms with Crippen molar-refractivity contribution < 1.29 is 9.47 Å². The van der Waals surface area contributed by atoms with E-state index in [2.05, 4.69) is 65.4 Å². The first-order valence-electron chi connectivity index (χ1n) is 10.2. The zero-order chi connectivity index (χ0) is 21.6. The number of ether oxygens (including phenoxy) is 2. The predicted molar refractivity (Wildman–Crippen MR) is 127 cm³/mol. The number of hydrogen-bond acceptors (Lipinski definition) is 4. The summed E-state index contributed by atoms with van der Waals surface area (Å²) < 4.78 is 13.2. The molecule has 0 saturated carbocycles. The summed E-state index contributed by atoms with van der Waals surface area (Å²) in [5.74, 6) is 1.44. The Balaban J connectivity index is 1.80. The number of nitrogens with zero attached hydrogens (tertiary/aromatic N) is 2. The largest absolute Gasteiger partial charge is 0.493 e. The van der Waals surface area contributed by atoms with Crippen LogP contribution in [0.3, 0.4) is 0 Å². The van der Waals surface area contributed by atoms with E-state index in [4.69, 9.17) is 14.5 Å². The fourth-order valence-electron chi connectivity index (χ4n) is 3.54. The van der Waals surface area contributed by atoms with Crippen LogP contribution in [0.15, 0.2) is 83.2 Å². The van der Waals surface area contributed by atoms with Gasteiger partial charge in [-0.2, -0.15) is 0 Å². The van der Waals surface area contributed by atoms with Crippen molar-refractivity contribution in [1.82, 2.24) is 4.57 Å². The number of aryl methyl sites for hydroxylation is 2. The molecule has 3 aromatic carbocycles. The summed E-state index contributed by atoms with van der Waals surface area (Å²) in [5.41, 5.74) is 5.67. The average molecular weight is 431 g/mol. The number of thiazole rings is 1. The van der Waals surface area contributed by atoms with Crippen molar-refractivity contribution in [1.29, 1.82) is 0 Å². The highest BCUT2D eigenvalue weighted by atomic mass is 32.1. The summed E-state index contributed by atoms with van der Waals surface area (Å²) in [7, 11) is 3.32. The SMILES string of the molecule is COc1ccc(-c2csc(=Nc3ccccc3C)n2CCc2ccccc2)cc1OC. The first kappa shape index (κ1) is 20.9. The summed E-state index contributed by atoms with van der Waals surface area (Å²) in [4.78, 5) is 5.98. The van der Waals surface area contributed by atoms with Crippen LogP contribution in [-0.2, 0) is 13.0 Å². The van der Waals surface area contributed by atoms with Crippen molar-refractivity contribution in [2.24, 2.45) is 4.99 Å². The normalized spacial score (nSPS) is 11.5. The van der Waals surface area contributed by atoms with E-state index in [0.29, 0.717) is 0 Å². The molecular formula is C26H26N2O2S. The average Bonchev–Trinajstić information content (AvgIpc) is 3.21. The Hall–Kier alpha value is -3.31. The zero-order valence-electron chi connectivity index (χ0n) is 18.0. The third kappa shape index (κ3) is 4.72. The van der Waals surface area contributed by atoms with Gasteiger partial charge in [-0.15, -0.1) is 11.3 Å². The standard InChI is InChI=1S/C26H26N2O2S/c1-19-9-7-8-12-22(19)27-26-28(16-15-20-10-5-4-6-11-20)23(18-31-26)21-13-14-24(29-2)25(17-21)30-3/h4-14,17-18H,15-16H2,1-3H3. The lowest BCUT2D eigenvalue weighted by Gasteiger charge is -2.12. The quantitative estimate of drug-likeness (QED) is 0.360. The second-order valence-corrected chi connectivity index (χ2v) is 8.10. The minimum absolute atomic E-state index is 0.721. The zero-order valence-corrected chi connectivity index (χ0v) is 18.9. The molecule has 4 rings (SSSR count). The highest BCUT2D eigenvalue weighted by Gasteiger charge is 2.12. The van der Waals surface area contributed by atoms with Gasteiger partial charge in [0.2, 0.25) is 0 Å². The molecule has 0 fully saturated rings. The van der Waals surface area contributed by atoms with Crippen LogP contribution < -0.4 is 14.3 Å². The van der Waals surface area contributed by atoms with Gasteiger partial charge in [0.25, 0.3) is 0 Å². The second-order valence-electron chi connectivity index (χ2n) is 7.26. The summed E-state index contributed by atoms with van der Waals surface area (Å²) in [6, 6.07) is 24.8. The molecule has 0 saturated heterocycles. The van der Waals surface area contributed by atoms with E-state index in [1.807, 2.05) is 24.3 Å². The second kappa shape index (κ2) is 9.67. The van der Waals surface area contributed by atoms with Crippen molar-refractivity contribution in [3.63, 3.8) is 0 Å². The molecule has 0 unspecified atom stereocenters. The Morgan fingerprint density at radius 2 is 1.61 bits per heavy atom. The van der Waals surface area contributed by atoms with Crippen LogP contribution >= 0.6 is 11.3 Å². The highest BCUT2D eigenvalue weighted by molar-refractivity contribution is 7.07. The monoisotopic (exact) mass is 430 g/mol. The van der Waals surface area contributed by atoms with E-state index in [0.717, 1.165) is 51.8 Å². The molecular weight excluding hydrogens is 404 g/mol. The van der Waals surface area contributed by atoms with Crippen LogP contribution in [0, 0.1) is 6.92 Å². The number of aromatic nitrogens is 1. The molecule has 31 heavy (non-hydrogen) atoms. The van der Waals surface area contributed by atoms with Gasteiger partial charge in [-0.25, -0.2) is 4.99 Å². The Morgan fingerprint density at radius 1 is 0.871 bits per heavy atom. The summed E-state index contributed by atoms with van der Waals surface area (Å²) in [6.07, 6.45) is 0.929. The van der Waals surface area contributed by atoms with Crippen molar-refractivity contribution in [2.45, 2.75) is 19.9 Å².